The Morgan fingerprint density at radius 2 is 1.05 bits per heavy atom. The van der Waals surface area contributed by atoms with Gasteiger partial charge in [0, 0.05) is 5.41 Å². The van der Waals surface area contributed by atoms with Crippen molar-refractivity contribution in [2.45, 2.75) is 50.7 Å². The summed E-state index contributed by atoms with van der Waals surface area (Å²) in [4.78, 5) is 0. The Hall–Kier alpha value is -1.64. The van der Waals surface area contributed by atoms with Gasteiger partial charge in [0.1, 0.15) is 0 Å². The van der Waals surface area contributed by atoms with E-state index in [0.717, 1.165) is 11.1 Å². The van der Waals surface area contributed by atoms with Gasteiger partial charge in [0.15, 0.2) is 0 Å². The first-order chi connectivity index (χ1) is 10.8. The highest BCUT2D eigenvalue weighted by atomic mass is 16.3. The molecule has 0 amide bonds. The van der Waals surface area contributed by atoms with Crippen LogP contribution in [0.5, 0.6) is 0 Å². The first kappa shape index (κ1) is 15.3. The van der Waals surface area contributed by atoms with Gasteiger partial charge < -0.3 is 10.2 Å². The Bertz CT molecular complexity index is 543. The zero-order valence-electron chi connectivity index (χ0n) is 13.0. The lowest BCUT2D eigenvalue weighted by Gasteiger charge is -2.39. The van der Waals surface area contributed by atoms with E-state index >= 15 is 0 Å². The molecule has 1 saturated carbocycles. The Labute approximate surface area is 132 Å². The maximum absolute atomic E-state index is 9.25. The maximum Gasteiger partial charge on any atom is 0.0681 e. The third-order valence-electron chi connectivity index (χ3n) is 5.09. The summed E-state index contributed by atoms with van der Waals surface area (Å²) >= 11 is 0. The van der Waals surface area contributed by atoms with Gasteiger partial charge in [-0.2, -0.15) is 0 Å². The molecule has 0 unspecified atom stereocenters. The van der Waals surface area contributed by atoms with Crippen molar-refractivity contribution < 1.29 is 10.2 Å². The quantitative estimate of drug-likeness (QED) is 0.897. The molecule has 0 spiro atoms. The fraction of sp³-hybridized carbons (Fsp3) is 0.400. The standard InChI is InChI=1S/C20H24O2/c21-14-16-4-8-18(9-5-16)20(12-2-1-3-13-20)19-10-6-17(15-22)7-11-19/h4-11,21-22H,1-3,12-15H2. The van der Waals surface area contributed by atoms with Gasteiger partial charge in [-0.05, 0) is 35.1 Å². The van der Waals surface area contributed by atoms with Crippen LogP contribution in [-0.4, -0.2) is 10.2 Å². The highest BCUT2D eigenvalue weighted by Crippen LogP contribution is 2.44. The average molecular weight is 296 g/mol. The molecule has 1 aliphatic carbocycles. The predicted molar refractivity (Wildman–Crippen MR) is 88.6 cm³/mol. The highest BCUT2D eigenvalue weighted by Gasteiger charge is 2.35. The minimum Gasteiger partial charge on any atom is -0.392 e. The Morgan fingerprint density at radius 1 is 0.636 bits per heavy atom. The maximum atomic E-state index is 9.25. The molecule has 2 nitrogen and oxygen atoms in total. The van der Waals surface area contributed by atoms with Crippen molar-refractivity contribution in [2.75, 3.05) is 0 Å². The van der Waals surface area contributed by atoms with Crippen molar-refractivity contribution >= 4 is 0 Å². The molecule has 116 valence electrons. The number of benzene rings is 2. The molecule has 22 heavy (non-hydrogen) atoms. The van der Waals surface area contributed by atoms with Crippen molar-refractivity contribution in [1.82, 2.24) is 0 Å². The molecule has 0 heterocycles. The van der Waals surface area contributed by atoms with Crippen LogP contribution in [0, 0.1) is 0 Å². The van der Waals surface area contributed by atoms with Crippen LogP contribution in [0.4, 0.5) is 0 Å². The number of hydrogen-bond donors (Lipinski definition) is 2. The molecule has 2 aromatic rings. The van der Waals surface area contributed by atoms with Crippen molar-refractivity contribution in [1.29, 1.82) is 0 Å². The molecule has 0 radical (unpaired) electrons. The van der Waals surface area contributed by atoms with Crippen molar-refractivity contribution in [3.05, 3.63) is 70.8 Å². The largest absolute Gasteiger partial charge is 0.392 e. The Balaban J connectivity index is 2.02. The summed E-state index contributed by atoms with van der Waals surface area (Å²) in [6.45, 7) is 0.191. The van der Waals surface area contributed by atoms with E-state index in [0.29, 0.717) is 0 Å². The molecule has 3 rings (SSSR count). The smallest absolute Gasteiger partial charge is 0.0681 e. The molecule has 2 heteroatoms. The van der Waals surface area contributed by atoms with Crippen LogP contribution < -0.4 is 0 Å². The lowest BCUT2D eigenvalue weighted by atomic mass is 9.65. The Morgan fingerprint density at radius 3 is 1.41 bits per heavy atom. The van der Waals surface area contributed by atoms with Crippen molar-refractivity contribution in [3.63, 3.8) is 0 Å². The molecular weight excluding hydrogens is 272 g/mol. The second-order valence-corrected chi connectivity index (χ2v) is 6.35. The third-order valence-corrected chi connectivity index (χ3v) is 5.09. The van der Waals surface area contributed by atoms with E-state index in [1.165, 1.54) is 43.2 Å². The normalized spacial score (nSPS) is 17.4. The van der Waals surface area contributed by atoms with Gasteiger partial charge in [0.2, 0.25) is 0 Å². The van der Waals surface area contributed by atoms with E-state index in [-0.39, 0.29) is 18.6 Å². The monoisotopic (exact) mass is 296 g/mol. The number of rotatable bonds is 4. The van der Waals surface area contributed by atoms with Crippen LogP contribution in [0.1, 0.15) is 54.4 Å². The first-order valence-electron chi connectivity index (χ1n) is 8.19. The highest BCUT2D eigenvalue weighted by molar-refractivity contribution is 5.41. The number of aliphatic hydroxyl groups excluding tert-OH is 2. The molecule has 0 bridgehead atoms. The third kappa shape index (κ3) is 2.81. The molecule has 0 aliphatic heterocycles. The molecule has 2 aromatic carbocycles. The van der Waals surface area contributed by atoms with Crippen LogP contribution in [0.2, 0.25) is 0 Å². The first-order valence-corrected chi connectivity index (χ1v) is 8.19. The number of aliphatic hydroxyl groups is 2. The van der Waals surface area contributed by atoms with E-state index in [1.807, 2.05) is 24.3 Å². The van der Waals surface area contributed by atoms with Gasteiger partial charge in [0.05, 0.1) is 13.2 Å². The van der Waals surface area contributed by atoms with Gasteiger partial charge in [-0.3, -0.25) is 0 Å². The van der Waals surface area contributed by atoms with Gasteiger partial charge in [-0.15, -0.1) is 0 Å². The lowest BCUT2D eigenvalue weighted by Crippen LogP contribution is -2.30. The fourth-order valence-corrected chi connectivity index (χ4v) is 3.76. The summed E-state index contributed by atoms with van der Waals surface area (Å²) in [7, 11) is 0. The molecule has 2 N–H and O–H groups in total. The van der Waals surface area contributed by atoms with E-state index in [4.69, 9.17) is 0 Å². The Kier molecular flexibility index (Phi) is 4.60. The van der Waals surface area contributed by atoms with Crippen LogP contribution in [0.15, 0.2) is 48.5 Å². The van der Waals surface area contributed by atoms with E-state index in [1.54, 1.807) is 0 Å². The molecular formula is C20H24O2. The average Bonchev–Trinajstić information content (AvgIpc) is 2.62. The predicted octanol–water partition coefficient (Wildman–Crippen LogP) is 3.92. The van der Waals surface area contributed by atoms with E-state index < -0.39 is 0 Å². The molecule has 1 aliphatic rings. The molecule has 0 saturated heterocycles. The summed E-state index contributed by atoms with van der Waals surface area (Å²) in [6.07, 6.45) is 6.16. The van der Waals surface area contributed by atoms with Crippen LogP contribution in [0.25, 0.3) is 0 Å². The van der Waals surface area contributed by atoms with Gasteiger partial charge in [-0.1, -0.05) is 67.8 Å². The summed E-state index contributed by atoms with van der Waals surface area (Å²) in [5.41, 5.74) is 4.71. The topological polar surface area (TPSA) is 40.5 Å². The minimum atomic E-state index is 0.0836. The second kappa shape index (κ2) is 6.64. The SMILES string of the molecule is OCc1ccc(C2(c3ccc(CO)cc3)CCCCC2)cc1. The lowest BCUT2D eigenvalue weighted by molar-refractivity contribution is 0.281. The summed E-state index contributed by atoms with van der Waals surface area (Å²) in [5.74, 6) is 0. The van der Waals surface area contributed by atoms with Crippen molar-refractivity contribution in [3.8, 4) is 0 Å². The molecule has 1 fully saturated rings. The zero-order chi connectivity index (χ0) is 15.4. The van der Waals surface area contributed by atoms with Crippen LogP contribution in [0.3, 0.4) is 0 Å². The van der Waals surface area contributed by atoms with E-state index in [9.17, 15) is 10.2 Å². The second-order valence-electron chi connectivity index (χ2n) is 6.35. The molecule has 0 atom stereocenters. The van der Waals surface area contributed by atoms with Gasteiger partial charge in [0.25, 0.3) is 0 Å². The van der Waals surface area contributed by atoms with Gasteiger partial charge in [-0.25, -0.2) is 0 Å². The zero-order valence-corrected chi connectivity index (χ0v) is 13.0. The number of hydrogen-bond acceptors (Lipinski definition) is 2. The van der Waals surface area contributed by atoms with Gasteiger partial charge >= 0.3 is 0 Å². The van der Waals surface area contributed by atoms with E-state index in [2.05, 4.69) is 24.3 Å². The summed E-state index contributed by atoms with van der Waals surface area (Å²) in [6, 6.07) is 16.9. The fourth-order valence-electron chi connectivity index (χ4n) is 3.76. The summed E-state index contributed by atoms with van der Waals surface area (Å²) in [5, 5.41) is 18.5. The summed E-state index contributed by atoms with van der Waals surface area (Å²) < 4.78 is 0. The molecule has 0 aromatic heterocycles. The van der Waals surface area contributed by atoms with Crippen LogP contribution >= 0.6 is 0 Å². The van der Waals surface area contributed by atoms with Crippen molar-refractivity contribution in [2.24, 2.45) is 0 Å². The van der Waals surface area contributed by atoms with Crippen LogP contribution in [-0.2, 0) is 18.6 Å². The minimum absolute atomic E-state index is 0.0836.